The van der Waals surface area contributed by atoms with Crippen molar-refractivity contribution in [2.45, 2.75) is 32.6 Å². The maximum absolute atomic E-state index is 10.5. The lowest BCUT2D eigenvalue weighted by Crippen LogP contribution is -2.12. The smallest absolute Gasteiger partial charge is 0.306 e. The standard InChI is InChI=1S/C8H14O4.2H3N/c1-2-6(8(11)12)4-3-5-7(9)10;;/h6H,2-5H2,1H3,(H,9,10)(H,11,12);2*1H3. The van der Waals surface area contributed by atoms with Gasteiger partial charge in [0.1, 0.15) is 0 Å². The van der Waals surface area contributed by atoms with Crippen molar-refractivity contribution in [1.82, 2.24) is 12.3 Å². The molecule has 86 valence electrons. The third-order valence-corrected chi connectivity index (χ3v) is 1.79. The number of hydrogen-bond acceptors (Lipinski definition) is 4. The van der Waals surface area contributed by atoms with Crippen LogP contribution in [0.25, 0.3) is 0 Å². The Bertz CT molecular complexity index is 173. The second-order valence-electron chi connectivity index (χ2n) is 2.73. The van der Waals surface area contributed by atoms with Crippen LogP contribution in [0, 0.1) is 5.92 Å². The van der Waals surface area contributed by atoms with Gasteiger partial charge in [-0.1, -0.05) is 6.92 Å². The molecular formula is C8H20N2O4. The van der Waals surface area contributed by atoms with E-state index in [0.29, 0.717) is 19.3 Å². The molecule has 0 bridgehead atoms. The molecule has 0 spiro atoms. The molecule has 8 N–H and O–H groups in total. The minimum Gasteiger partial charge on any atom is -0.481 e. The largest absolute Gasteiger partial charge is 0.481 e. The zero-order valence-electron chi connectivity index (χ0n) is 8.53. The van der Waals surface area contributed by atoms with Crippen LogP contribution in [0.5, 0.6) is 0 Å². The highest BCUT2D eigenvalue weighted by Crippen LogP contribution is 2.12. The molecule has 0 heterocycles. The van der Waals surface area contributed by atoms with E-state index in [-0.39, 0.29) is 24.6 Å². The van der Waals surface area contributed by atoms with Gasteiger partial charge < -0.3 is 22.5 Å². The van der Waals surface area contributed by atoms with Gasteiger partial charge in [-0.3, -0.25) is 9.59 Å². The normalized spacial score (nSPS) is 10.6. The molecule has 0 amide bonds. The lowest BCUT2D eigenvalue weighted by molar-refractivity contribution is -0.143. The van der Waals surface area contributed by atoms with Crippen LogP contribution in [0.3, 0.4) is 0 Å². The van der Waals surface area contributed by atoms with Crippen LogP contribution in [-0.4, -0.2) is 22.2 Å². The number of carboxylic acids is 2. The Balaban J connectivity index is -0.000000605. The summed E-state index contributed by atoms with van der Waals surface area (Å²) in [6, 6.07) is 0. The zero-order chi connectivity index (χ0) is 9.56. The van der Waals surface area contributed by atoms with E-state index < -0.39 is 11.9 Å². The average Bonchev–Trinajstić information content (AvgIpc) is 1.96. The molecule has 1 atom stereocenters. The van der Waals surface area contributed by atoms with Gasteiger partial charge in [-0.25, -0.2) is 0 Å². The minimum atomic E-state index is -0.866. The van der Waals surface area contributed by atoms with Crippen LogP contribution in [0.2, 0.25) is 0 Å². The Labute approximate surface area is 83.5 Å². The van der Waals surface area contributed by atoms with E-state index in [1.165, 1.54) is 0 Å². The van der Waals surface area contributed by atoms with Crippen LogP contribution in [0.1, 0.15) is 32.6 Å². The third-order valence-electron chi connectivity index (χ3n) is 1.79. The predicted molar refractivity (Wildman–Crippen MR) is 52.9 cm³/mol. The van der Waals surface area contributed by atoms with E-state index in [9.17, 15) is 9.59 Å². The molecule has 0 saturated carbocycles. The summed E-state index contributed by atoms with van der Waals surface area (Å²) >= 11 is 0. The van der Waals surface area contributed by atoms with Gasteiger partial charge in [0.05, 0.1) is 5.92 Å². The van der Waals surface area contributed by atoms with Gasteiger partial charge in [-0.2, -0.15) is 0 Å². The van der Waals surface area contributed by atoms with Crippen molar-refractivity contribution < 1.29 is 19.8 Å². The van der Waals surface area contributed by atoms with Gasteiger partial charge in [0.25, 0.3) is 0 Å². The first-order valence-corrected chi connectivity index (χ1v) is 4.02. The van der Waals surface area contributed by atoms with Crippen LogP contribution in [0.4, 0.5) is 0 Å². The third kappa shape index (κ3) is 8.95. The maximum Gasteiger partial charge on any atom is 0.306 e. The zero-order valence-corrected chi connectivity index (χ0v) is 8.53. The molecule has 0 saturated heterocycles. The van der Waals surface area contributed by atoms with Gasteiger partial charge in [0, 0.05) is 6.42 Å². The van der Waals surface area contributed by atoms with Crippen LogP contribution in [0.15, 0.2) is 0 Å². The maximum atomic E-state index is 10.5. The van der Waals surface area contributed by atoms with Crippen molar-refractivity contribution in [2.24, 2.45) is 5.92 Å². The molecule has 14 heavy (non-hydrogen) atoms. The SMILES string of the molecule is CCC(CCCC(=O)O)C(=O)O.N.N. The topological polar surface area (TPSA) is 145 Å². The second kappa shape index (κ2) is 9.94. The Morgan fingerprint density at radius 2 is 1.71 bits per heavy atom. The summed E-state index contributed by atoms with van der Waals surface area (Å²) in [7, 11) is 0. The van der Waals surface area contributed by atoms with Crippen LogP contribution in [-0.2, 0) is 9.59 Å². The molecule has 6 heteroatoms. The fourth-order valence-corrected chi connectivity index (χ4v) is 1.00. The highest BCUT2D eigenvalue weighted by atomic mass is 16.4. The average molecular weight is 208 g/mol. The Morgan fingerprint density at radius 3 is 2.00 bits per heavy atom. The van der Waals surface area contributed by atoms with Crippen molar-refractivity contribution in [3.8, 4) is 0 Å². The molecule has 0 aliphatic heterocycles. The van der Waals surface area contributed by atoms with Crippen molar-refractivity contribution in [3.05, 3.63) is 0 Å². The summed E-state index contributed by atoms with van der Waals surface area (Å²) in [5, 5.41) is 16.9. The van der Waals surface area contributed by atoms with E-state index in [0.717, 1.165) is 0 Å². The molecular weight excluding hydrogens is 188 g/mol. The van der Waals surface area contributed by atoms with E-state index in [4.69, 9.17) is 10.2 Å². The van der Waals surface area contributed by atoms with Gasteiger partial charge in [0.15, 0.2) is 0 Å². The van der Waals surface area contributed by atoms with Gasteiger partial charge in [-0.15, -0.1) is 0 Å². The first-order valence-electron chi connectivity index (χ1n) is 4.02. The number of aliphatic carboxylic acids is 2. The predicted octanol–water partition coefficient (Wildman–Crippen LogP) is 1.68. The van der Waals surface area contributed by atoms with E-state index in [2.05, 4.69) is 0 Å². The molecule has 0 aromatic carbocycles. The summed E-state index contributed by atoms with van der Waals surface area (Å²) in [5.41, 5.74) is 0. The highest BCUT2D eigenvalue weighted by Gasteiger charge is 2.14. The van der Waals surface area contributed by atoms with E-state index in [1.807, 2.05) is 0 Å². The van der Waals surface area contributed by atoms with Gasteiger partial charge in [0.2, 0.25) is 0 Å². The molecule has 6 nitrogen and oxygen atoms in total. The molecule has 0 aromatic rings. The summed E-state index contributed by atoms with van der Waals surface area (Å²) in [4.78, 5) is 20.6. The molecule has 0 aliphatic rings. The number of hydrogen-bond donors (Lipinski definition) is 4. The fraction of sp³-hybridized carbons (Fsp3) is 0.750. The first kappa shape index (κ1) is 18.6. The molecule has 1 unspecified atom stereocenters. The van der Waals surface area contributed by atoms with E-state index in [1.54, 1.807) is 6.92 Å². The summed E-state index contributed by atoms with van der Waals surface area (Å²) in [5.74, 6) is -2.08. The Morgan fingerprint density at radius 1 is 1.21 bits per heavy atom. The number of carbonyl (C=O) groups is 2. The number of rotatable bonds is 6. The van der Waals surface area contributed by atoms with E-state index >= 15 is 0 Å². The molecule has 0 radical (unpaired) electrons. The van der Waals surface area contributed by atoms with Crippen molar-refractivity contribution >= 4 is 11.9 Å². The summed E-state index contributed by atoms with van der Waals surface area (Å²) < 4.78 is 0. The number of carboxylic acid groups (broad SMARTS) is 2. The van der Waals surface area contributed by atoms with Gasteiger partial charge in [-0.05, 0) is 19.3 Å². The summed E-state index contributed by atoms with van der Waals surface area (Å²) in [6.45, 7) is 1.79. The lowest BCUT2D eigenvalue weighted by atomic mass is 10.00. The van der Waals surface area contributed by atoms with Crippen LogP contribution >= 0.6 is 0 Å². The molecule has 0 fully saturated rings. The fourth-order valence-electron chi connectivity index (χ4n) is 1.00. The van der Waals surface area contributed by atoms with Crippen LogP contribution < -0.4 is 12.3 Å². The van der Waals surface area contributed by atoms with Crippen molar-refractivity contribution in [1.29, 1.82) is 0 Å². The Hall–Kier alpha value is -1.14. The molecule has 0 aliphatic carbocycles. The molecule has 0 rings (SSSR count). The highest BCUT2D eigenvalue weighted by molar-refractivity contribution is 5.70. The quantitative estimate of drug-likeness (QED) is 0.522. The lowest BCUT2D eigenvalue weighted by Gasteiger charge is -2.07. The van der Waals surface area contributed by atoms with Crippen molar-refractivity contribution in [3.63, 3.8) is 0 Å². The van der Waals surface area contributed by atoms with Crippen molar-refractivity contribution in [2.75, 3.05) is 0 Å². The monoisotopic (exact) mass is 208 g/mol. The van der Waals surface area contributed by atoms with Gasteiger partial charge >= 0.3 is 11.9 Å². The first-order chi connectivity index (χ1) is 5.57. The second-order valence-corrected chi connectivity index (χ2v) is 2.73. The Kier molecular flexibility index (Phi) is 13.2. The minimum absolute atomic E-state index is 0. The molecule has 0 aromatic heterocycles. The summed E-state index contributed by atoms with van der Waals surface area (Å²) in [6.07, 6.45) is 1.52.